The monoisotopic (exact) mass is 371 g/mol. The van der Waals surface area contributed by atoms with Crippen LogP contribution < -0.4 is 10.3 Å². The Morgan fingerprint density at radius 2 is 1.93 bits per heavy atom. The van der Waals surface area contributed by atoms with E-state index >= 15 is 0 Å². The third-order valence-corrected chi connectivity index (χ3v) is 5.60. The van der Waals surface area contributed by atoms with Gasteiger partial charge in [0.1, 0.15) is 6.10 Å². The summed E-state index contributed by atoms with van der Waals surface area (Å²) in [6.45, 7) is 4.02. The number of hydrogen-bond acceptors (Lipinski definition) is 3. The van der Waals surface area contributed by atoms with Crippen molar-refractivity contribution in [3.8, 4) is 11.4 Å². The SMILES string of the molecule is Cc1nc2c(O[C@@H]3CCc4ccccc43)cc(-n3ccccc3=O)cn2c1C. The topological polar surface area (TPSA) is 48.5 Å². The first-order valence-corrected chi connectivity index (χ1v) is 9.53. The van der Waals surface area contributed by atoms with Gasteiger partial charge in [0.2, 0.25) is 0 Å². The normalized spacial score (nSPS) is 15.7. The third kappa shape index (κ3) is 2.62. The van der Waals surface area contributed by atoms with E-state index in [0.29, 0.717) is 5.75 Å². The predicted octanol–water partition coefficient (Wildman–Crippen LogP) is 4.17. The maximum atomic E-state index is 12.4. The number of fused-ring (bicyclic) bond motifs is 2. The molecule has 0 amide bonds. The van der Waals surface area contributed by atoms with E-state index < -0.39 is 0 Å². The molecule has 5 nitrogen and oxygen atoms in total. The number of rotatable bonds is 3. The minimum Gasteiger partial charge on any atom is -0.482 e. The Morgan fingerprint density at radius 1 is 1.11 bits per heavy atom. The van der Waals surface area contributed by atoms with Crippen LogP contribution in [0, 0.1) is 13.8 Å². The first-order chi connectivity index (χ1) is 13.6. The number of aromatic nitrogens is 3. The molecule has 0 radical (unpaired) electrons. The zero-order valence-electron chi connectivity index (χ0n) is 15.9. The molecule has 0 fully saturated rings. The highest BCUT2D eigenvalue weighted by Gasteiger charge is 2.25. The number of benzene rings is 1. The van der Waals surface area contributed by atoms with Crippen LogP contribution in [0.2, 0.25) is 0 Å². The van der Waals surface area contributed by atoms with Crippen LogP contribution in [0.4, 0.5) is 0 Å². The molecule has 0 unspecified atom stereocenters. The fourth-order valence-corrected chi connectivity index (χ4v) is 3.98. The average Bonchev–Trinajstić information content (AvgIpc) is 3.24. The largest absolute Gasteiger partial charge is 0.482 e. The standard InChI is InChI=1S/C23H21N3O2/c1-15-16(2)26-14-18(25-12-6-5-9-22(25)27)13-21(23(26)24-15)28-20-11-10-17-7-3-4-8-19(17)20/h3-9,12-14,20H,10-11H2,1-2H3/t20-/m1/s1. The van der Waals surface area contributed by atoms with Crippen molar-refractivity contribution in [3.63, 3.8) is 0 Å². The minimum atomic E-state index is -0.0755. The molecule has 5 rings (SSSR count). The summed E-state index contributed by atoms with van der Waals surface area (Å²) in [5.74, 6) is 0.700. The Bertz CT molecular complexity index is 1250. The summed E-state index contributed by atoms with van der Waals surface area (Å²) in [5, 5.41) is 0. The van der Waals surface area contributed by atoms with Gasteiger partial charge in [-0.2, -0.15) is 0 Å². The molecule has 28 heavy (non-hydrogen) atoms. The number of hydrogen-bond donors (Lipinski definition) is 0. The molecule has 0 spiro atoms. The van der Waals surface area contributed by atoms with E-state index in [1.807, 2.05) is 36.6 Å². The summed E-state index contributed by atoms with van der Waals surface area (Å²) >= 11 is 0. The van der Waals surface area contributed by atoms with Crippen LogP contribution in [0.15, 0.2) is 65.7 Å². The van der Waals surface area contributed by atoms with Crippen molar-refractivity contribution in [1.29, 1.82) is 0 Å². The van der Waals surface area contributed by atoms with Gasteiger partial charge in [-0.25, -0.2) is 4.98 Å². The fraction of sp³-hybridized carbons (Fsp3) is 0.217. The lowest BCUT2D eigenvalue weighted by molar-refractivity contribution is 0.209. The summed E-state index contributed by atoms with van der Waals surface area (Å²) in [6, 6.07) is 15.5. The first kappa shape index (κ1) is 16.8. The van der Waals surface area contributed by atoms with Crippen molar-refractivity contribution < 1.29 is 4.74 Å². The lowest BCUT2D eigenvalue weighted by atomic mass is 10.1. The molecule has 0 aliphatic heterocycles. The molecule has 4 aromatic rings. The van der Waals surface area contributed by atoms with Crippen molar-refractivity contribution in [3.05, 3.63) is 93.8 Å². The number of pyridine rings is 2. The van der Waals surface area contributed by atoms with Crippen molar-refractivity contribution in [2.75, 3.05) is 0 Å². The molecule has 0 bridgehead atoms. The molecule has 1 atom stereocenters. The van der Waals surface area contributed by atoms with Gasteiger partial charge < -0.3 is 4.74 Å². The molecule has 3 heterocycles. The van der Waals surface area contributed by atoms with Gasteiger partial charge >= 0.3 is 0 Å². The highest BCUT2D eigenvalue weighted by Crippen LogP contribution is 2.37. The minimum absolute atomic E-state index is 0.0000533. The molecule has 0 N–H and O–H groups in total. The smallest absolute Gasteiger partial charge is 0.255 e. The van der Waals surface area contributed by atoms with Gasteiger partial charge in [0.05, 0.1) is 11.4 Å². The summed E-state index contributed by atoms with van der Waals surface area (Å²) in [6.07, 6.45) is 5.68. The number of aryl methyl sites for hydroxylation is 3. The molecule has 1 aliphatic carbocycles. The summed E-state index contributed by atoms with van der Waals surface area (Å²) in [7, 11) is 0. The number of imidazole rings is 1. The van der Waals surface area contributed by atoms with Crippen LogP contribution in [0.25, 0.3) is 11.3 Å². The lowest BCUT2D eigenvalue weighted by Gasteiger charge is -2.17. The highest BCUT2D eigenvalue weighted by molar-refractivity contribution is 5.60. The van der Waals surface area contributed by atoms with Crippen LogP contribution in [-0.4, -0.2) is 14.0 Å². The van der Waals surface area contributed by atoms with Crippen LogP contribution in [0.3, 0.4) is 0 Å². The maximum absolute atomic E-state index is 12.4. The fourth-order valence-electron chi connectivity index (χ4n) is 3.98. The summed E-state index contributed by atoms with van der Waals surface area (Å²) < 4.78 is 10.1. The highest BCUT2D eigenvalue weighted by atomic mass is 16.5. The predicted molar refractivity (Wildman–Crippen MR) is 108 cm³/mol. The van der Waals surface area contributed by atoms with Gasteiger partial charge in [-0.05, 0) is 43.9 Å². The van der Waals surface area contributed by atoms with Crippen LogP contribution >= 0.6 is 0 Å². The van der Waals surface area contributed by atoms with E-state index in [1.54, 1.807) is 22.9 Å². The molecular weight excluding hydrogens is 350 g/mol. The third-order valence-electron chi connectivity index (χ3n) is 5.60. The first-order valence-electron chi connectivity index (χ1n) is 9.53. The second kappa shape index (κ2) is 6.37. The van der Waals surface area contributed by atoms with Crippen molar-refractivity contribution in [2.45, 2.75) is 32.8 Å². The van der Waals surface area contributed by atoms with E-state index in [4.69, 9.17) is 9.72 Å². The van der Waals surface area contributed by atoms with Gasteiger partial charge in [0.15, 0.2) is 11.4 Å². The molecule has 0 saturated heterocycles. The van der Waals surface area contributed by atoms with Gasteiger partial charge in [0.25, 0.3) is 5.56 Å². The Balaban J connectivity index is 1.67. The zero-order valence-corrected chi connectivity index (χ0v) is 15.9. The summed E-state index contributed by atoms with van der Waals surface area (Å²) in [5.41, 5.74) is 6.05. The van der Waals surface area contributed by atoms with Gasteiger partial charge in [-0.15, -0.1) is 0 Å². The van der Waals surface area contributed by atoms with Gasteiger partial charge in [-0.1, -0.05) is 30.3 Å². The maximum Gasteiger partial charge on any atom is 0.255 e. The Morgan fingerprint density at radius 3 is 2.79 bits per heavy atom. The van der Waals surface area contributed by atoms with E-state index in [1.165, 1.54) is 11.1 Å². The van der Waals surface area contributed by atoms with E-state index in [0.717, 1.165) is 35.6 Å². The van der Waals surface area contributed by atoms with Crippen molar-refractivity contribution in [2.24, 2.45) is 0 Å². The van der Waals surface area contributed by atoms with E-state index in [9.17, 15) is 4.79 Å². The van der Waals surface area contributed by atoms with Crippen molar-refractivity contribution in [1.82, 2.24) is 14.0 Å². The average molecular weight is 371 g/mol. The molecule has 3 aromatic heterocycles. The molecule has 1 aliphatic rings. The molecule has 5 heteroatoms. The second-order valence-corrected chi connectivity index (χ2v) is 7.29. The Hall–Kier alpha value is -3.34. The zero-order chi connectivity index (χ0) is 19.3. The molecule has 1 aromatic carbocycles. The number of nitrogens with zero attached hydrogens (tertiary/aromatic N) is 3. The summed E-state index contributed by atoms with van der Waals surface area (Å²) in [4.78, 5) is 17.1. The lowest BCUT2D eigenvalue weighted by Crippen LogP contribution is -2.16. The van der Waals surface area contributed by atoms with Crippen LogP contribution in [0.5, 0.6) is 5.75 Å². The van der Waals surface area contributed by atoms with Gasteiger partial charge in [0, 0.05) is 30.2 Å². The van der Waals surface area contributed by atoms with E-state index in [-0.39, 0.29) is 11.7 Å². The molecular formula is C23H21N3O2. The van der Waals surface area contributed by atoms with Crippen LogP contribution in [0.1, 0.15) is 35.0 Å². The Labute approximate surface area is 162 Å². The van der Waals surface area contributed by atoms with Crippen molar-refractivity contribution >= 4 is 5.65 Å². The Kier molecular flexibility index (Phi) is 3.83. The molecule has 0 saturated carbocycles. The second-order valence-electron chi connectivity index (χ2n) is 7.29. The number of ether oxygens (including phenoxy) is 1. The molecule has 140 valence electrons. The van der Waals surface area contributed by atoms with Gasteiger partial charge in [-0.3, -0.25) is 13.8 Å². The van der Waals surface area contributed by atoms with Crippen LogP contribution in [-0.2, 0) is 6.42 Å². The van der Waals surface area contributed by atoms with E-state index in [2.05, 4.69) is 24.3 Å². The quantitative estimate of drug-likeness (QED) is 0.543.